The Bertz CT molecular complexity index is 446. The summed E-state index contributed by atoms with van der Waals surface area (Å²) in [5, 5.41) is 12.6. The van der Waals surface area contributed by atoms with Crippen LogP contribution in [0.2, 0.25) is 0 Å². The maximum atomic E-state index is 11.2. The van der Waals surface area contributed by atoms with Crippen LogP contribution < -0.4 is 5.32 Å². The van der Waals surface area contributed by atoms with Crippen molar-refractivity contribution in [1.82, 2.24) is 4.98 Å². The molecule has 2 N–H and O–H groups in total. The van der Waals surface area contributed by atoms with Crippen LogP contribution >= 0.6 is 0 Å². The molecule has 1 fully saturated rings. The molecular formula is C15H22N2O2. The van der Waals surface area contributed by atoms with E-state index in [-0.39, 0.29) is 5.69 Å². The molecule has 0 radical (unpaired) electrons. The second kappa shape index (κ2) is 6.04. The number of rotatable bonds is 4. The van der Waals surface area contributed by atoms with Gasteiger partial charge in [0, 0.05) is 12.2 Å². The molecule has 1 aromatic rings. The first-order chi connectivity index (χ1) is 9.09. The topological polar surface area (TPSA) is 62.2 Å². The maximum absolute atomic E-state index is 11.2. The molecule has 4 nitrogen and oxygen atoms in total. The lowest BCUT2D eigenvalue weighted by Gasteiger charge is -2.35. The number of carboxylic acid groups (broad SMARTS) is 1. The third kappa shape index (κ3) is 3.25. The molecule has 104 valence electrons. The number of nitrogens with one attached hydrogen (secondary N) is 1. The summed E-state index contributed by atoms with van der Waals surface area (Å²) < 4.78 is 0. The number of anilines is 1. The first-order valence-corrected chi connectivity index (χ1v) is 7.04. The van der Waals surface area contributed by atoms with Crippen molar-refractivity contribution in [2.75, 3.05) is 5.32 Å². The van der Waals surface area contributed by atoms with Crippen LogP contribution in [0.15, 0.2) is 18.3 Å². The fraction of sp³-hybridized carbons (Fsp3) is 0.600. The van der Waals surface area contributed by atoms with E-state index in [1.165, 1.54) is 25.5 Å². The molecule has 2 atom stereocenters. The van der Waals surface area contributed by atoms with Gasteiger partial charge in [0.1, 0.15) is 0 Å². The SMILES string of the molecule is CC(C)C1CCCCC1Nc1cccnc1C(=O)O. The van der Waals surface area contributed by atoms with Crippen molar-refractivity contribution >= 4 is 11.7 Å². The largest absolute Gasteiger partial charge is 0.476 e. The average Bonchev–Trinajstić information content (AvgIpc) is 2.39. The molecule has 1 aromatic heterocycles. The quantitative estimate of drug-likeness (QED) is 0.873. The average molecular weight is 262 g/mol. The van der Waals surface area contributed by atoms with Gasteiger partial charge in [-0.05, 0) is 36.8 Å². The van der Waals surface area contributed by atoms with Crippen LogP contribution in [-0.2, 0) is 0 Å². The van der Waals surface area contributed by atoms with Gasteiger partial charge in [-0.2, -0.15) is 0 Å². The number of aromatic carboxylic acids is 1. The predicted molar refractivity (Wildman–Crippen MR) is 75.4 cm³/mol. The summed E-state index contributed by atoms with van der Waals surface area (Å²) in [6.07, 6.45) is 6.34. The molecule has 1 aliphatic carbocycles. The molecule has 2 unspecified atom stereocenters. The van der Waals surface area contributed by atoms with Crippen LogP contribution in [0.5, 0.6) is 0 Å². The molecule has 0 spiro atoms. The van der Waals surface area contributed by atoms with E-state index in [0.29, 0.717) is 23.6 Å². The lowest BCUT2D eigenvalue weighted by Crippen LogP contribution is -2.35. The van der Waals surface area contributed by atoms with Crippen LogP contribution in [0.3, 0.4) is 0 Å². The van der Waals surface area contributed by atoms with Crippen molar-refractivity contribution in [1.29, 1.82) is 0 Å². The smallest absolute Gasteiger partial charge is 0.356 e. The number of pyridine rings is 1. The molecule has 1 aliphatic rings. The van der Waals surface area contributed by atoms with E-state index in [4.69, 9.17) is 5.11 Å². The van der Waals surface area contributed by atoms with Crippen molar-refractivity contribution in [2.24, 2.45) is 11.8 Å². The van der Waals surface area contributed by atoms with Gasteiger partial charge < -0.3 is 10.4 Å². The summed E-state index contributed by atoms with van der Waals surface area (Å²) in [6, 6.07) is 3.95. The van der Waals surface area contributed by atoms with Gasteiger partial charge >= 0.3 is 5.97 Å². The molecule has 0 saturated heterocycles. The Morgan fingerprint density at radius 3 is 2.84 bits per heavy atom. The van der Waals surface area contributed by atoms with Crippen LogP contribution in [0, 0.1) is 11.8 Å². The maximum Gasteiger partial charge on any atom is 0.356 e. The van der Waals surface area contributed by atoms with Gasteiger partial charge in [-0.3, -0.25) is 0 Å². The Morgan fingerprint density at radius 1 is 1.42 bits per heavy atom. The highest BCUT2D eigenvalue weighted by atomic mass is 16.4. The zero-order valence-corrected chi connectivity index (χ0v) is 11.6. The molecule has 2 rings (SSSR count). The normalized spacial score (nSPS) is 23.3. The van der Waals surface area contributed by atoms with Crippen molar-refractivity contribution in [3.05, 3.63) is 24.0 Å². The van der Waals surface area contributed by atoms with E-state index < -0.39 is 5.97 Å². The third-order valence-corrected chi connectivity index (χ3v) is 4.03. The second-order valence-corrected chi connectivity index (χ2v) is 5.65. The number of aromatic nitrogens is 1. The summed E-state index contributed by atoms with van der Waals surface area (Å²) in [4.78, 5) is 15.1. The van der Waals surface area contributed by atoms with E-state index >= 15 is 0 Å². The first-order valence-electron chi connectivity index (χ1n) is 7.04. The van der Waals surface area contributed by atoms with Gasteiger partial charge in [-0.25, -0.2) is 9.78 Å². The standard InChI is InChI=1S/C15H22N2O2/c1-10(2)11-6-3-4-7-12(11)17-13-8-5-9-16-14(13)15(18)19/h5,8-12,17H,3-4,6-7H2,1-2H3,(H,18,19). The Balaban J connectivity index is 2.17. The van der Waals surface area contributed by atoms with Crippen LogP contribution in [-0.4, -0.2) is 22.1 Å². The van der Waals surface area contributed by atoms with Gasteiger partial charge in [0.25, 0.3) is 0 Å². The molecule has 1 heterocycles. The van der Waals surface area contributed by atoms with Crippen molar-refractivity contribution in [3.63, 3.8) is 0 Å². The minimum Gasteiger partial charge on any atom is -0.476 e. The van der Waals surface area contributed by atoms with Crippen LogP contribution in [0.1, 0.15) is 50.0 Å². The van der Waals surface area contributed by atoms with Gasteiger partial charge in [-0.15, -0.1) is 0 Å². The molecule has 0 aliphatic heterocycles. The van der Waals surface area contributed by atoms with Gasteiger partial charge in [0.2, 0.25) is 0 Å². The van der Waals surface area contributed by atoms with E-state index in [0.717, 1.165) is 6.42 Å². The number of carboxylic acids is 1. The highest BCUT2D eigenvalue weighted by molar-refractivity contribution is 5.91. The minimum atomic E-state index is -0.972. The molecule has 0 amide bonds. The summed E-state index contributed by atoms with van der Waals surface area (Å²) in [6.45, 7) is 4.48. The predicted octanol–water partition coefficient (Wildman–Crippen LogP) is 3.41. The molecule has 1 saturated carbocycles. The zero-order valence-electron chi connectivity index (χ0n) is 11.6. The van der Waals surface area contributed by atoms with E-state index in [9.17, 15) is 4.79 Å². The Morgan fingerprint density at radius 2 is 2.16 bits per heavy atom. The Kier molecular flexibility index (Phi) is 4.40. The first kappa shape index (κ1) is 13.8. The highest BCUT2D eigenvalue weighted by Gasteiger charge is 2.28. The van der Waals surface area contributed by atoms with Crippen molar-refractivity contribution in [3.8, 4) is 0 Å². The lowest BCUT2D eigenvalue weighted by atomic mass is 9.77. The number of hydrogen-bond donors (Lipinski definition) is 2. The summed E-state index contributed by atoms with van der Waals surface area (Å²) in [5.74, 6) is 0.248. The van der Waals surface area contributed by atoms with Gasteiger partial charge in [0.15, 0.2) is 5.69 Å². The zero-order chi connectivity index (χ0) is 13.8. The highest BCUT2D eigenvalue weighted by Crippen LogP contribution is 2.32. The summed E-state index contributed by atoms with van der Waals surface area (Å²) >= 11 is 0. The minimum absolute atomic E-state index is 0.121. The molecular weight excluding hydrogens is 240 g/mol. The fourth-order valence-corrected chi connectivity index (χ4v) is 3.03. The van der Waals surface area contributed by atoms with Gasteiger partial charge in [-0.1, -0.05) is 26.7 Å². The van der Waals surface area contributed by atoms with Crippen molar-refractivity contribution < 1.29 is 9.90 Å². The summed E-state index contributed by atoms with van der Waals surface area (Å²) in [7, 11) is 0. The third-order valence-electron chi connectivity index (χ3n) is 4.03. The van der Waals surface area contributed by atoms with E-state index in [1.807, 2.05) is 6.07 Å². The van der Waals surface area contributed by atoms with E-state index in [1.54, 1.807) is 6.07 Å². The Labute approximate surface area is 114 Å². The van der Waals surface area contributed by atoms with Crippen molar-refractivity contribution in [2.45, 2.75) is 45.6 Å². The second-order valence-electron chi connectivity index (χ2n) is 5.65. The lowest BCUT2D eigenvalue weighted by molar-refractivity contribution is 0.0691. The van der Waals surface area contributed by atoms with Crippen LogP contribution in [0.4, 0.5) is 5.69 Å². The van der Waals surface area contributed by atoms with E-state index in [2.05, 4.69) is 24.1 Å². The van der Waals surface area contributed by atoms with Gasteiger partial charge in [0.05, 0.1) is 5.69 Å². The number of carbonyl (C=O) groups is 1. The number of nitrogens with zero attached hydrogens (tertiary/aromatic N) is 1. The monoisotopic (exact) mass is 262 g/mol. The molecule has 4 heteroatoms. The molecule has 19 heavy (non-hydrogen) atoms. The summed E-state index contributed by atoms with van der Waals surface area (Å²) in [5.41, 5.74) is 0.767. The molecule has 0 aromatic carbocycles. The molecule has 0 bridgehead atoms. The Hall–Kier alpha value is -1.58. The fourth-order valence-electron chi connectivity index (χ4n) is 3.03. The van der Waals surface area contributed by atoms with Crippen LogP contribution in [0.25, 0.3) is 0 Å². The number of hydrogen-bond acceptors (Lipinski definition) is 3.